The molecule has 0 saturated carbocycles. The van der Waals surface area contributed by atoms with Crippen LogP contribution in [0.4, 0.5) is 0 Å². The van der Waals surface area contributed by atoms with Crippen LogP contribution in [0.3, 0.4) is 0 Å². The lowest BCUT2D eigenvalue weighted by Gasteiger charge is -2.04. The van der Waals surface area contributed by atoms with Gasteiger partial charge in [-0.3, -0.25) is 9.48 Å². The lowest BCUT2D eigenvalue weighted by atomic mass is 10.1. The first-order valence-electron chi connectivity index (χ1n) is 6.38. The van der Waals surface area contributed by atoms with E-state index in [0.717, 1.165) is 31.5 Å². The zero-order valence-corrected chi connectivity index (χ0v) is 11.4. The predicted octanol–water partition coefficient (Wildman–Crippen LogP) is 3.56. The summed E-state index contributed by atoms with van der Waals surface area (Å²) in [6, 6.07) is 6.00. The number of carbonyl (C=O) groups excluding carboxylic acids is 1. The first kappa shape index (κ1) is 13.0. The molecular weight excluding hydrogens is 244 g/mol. The predicted molar refractivity (Wildman–Crippen MR) is 74.1 cm³/mol. The highest BCUT2D eigenvalue weighted by atomic mass is 32.1. The number of ketones is 1. The van der Waals surface area contributed by atoms with Crippen molar-refractivity contribution >= 4 is 17.1 Å². The molecule has 96 valence electrons. The van der Waals surface area contributed by atoms with Crippen LogP contribution in [0.15, 0.2) is 29.8 Å². The maximum absolute atomic E-state index is 12.1. The van der Waals surface area contributed by atoms with Gasteiger partial charge in [0.2, 0.25) is 0 Å². The molecule has 0 aliphatic heterocycles. The summed E-state index contributed by atoms with van der Waals surface area (Å²) in [7, 11) is 0. The van der Waals surface area contributed by atoms with E-state index in [1.807, 2.05) is 10.7 Å². The zero-order valence-electron chi connectivity index (χ0n) is 10.6. The third-order valence-electron chi connectivity index (χ3n) is 2.84. The molecule has 0 N–H and O–H groups in total. The Kier molecular flexibility index (Phi) is 4.70. The Morgan fingerprint density at radius 1 is 1.44 bits per heavy atom. The molecular formula is C14H18N2OS. The van der Waals surface area contributed by atoms with Crippen LogP contribution in [0.1, 0.15) is 41.6 Å². The molecule has 18 heavy (non-hydrogen) atoms. The molecule has 0 aliphatic carbocycles. The molecule has 0 fully saturated rings. The Bertz CT molecular complexity index is 488. The van der Waals surface area contributed by atoms with Gasteiger partial charge in [-0.15, -0.1) is 11.3 Å². The maximum Gasteiger partial charge on any atom is 0.180 e. The average molecular weight is 262 g/mol. The number of rotatable bonds is 7. The van der Waals surface area contributed by atoms with E-state index >= 15 is 0 Å². The third-order valence-corrected chi connectivity index (χ3v) is 3.78. The van der Waals surface area contributed by atoms with Crippen molar-refractivity contribution in [3.8, 4) is 0 Å². The van der Waals surface area contributed by atoms with E-state index < -0.39 is 0 Å². The van der Waals surface area contributed by atoms with Crippen molar-refractivity contribution in [2.24, 2.45) is 0 Å². The van der Waals surface area contributed by atoms with Crippen LogP contribution in [0, 0.1) is 0 Å². The largest absolute Gasteiger partial charge is 0.292 e. The minimum atomic E-state index is 0.206. The standard InChI is InChI=1S/C14H18N2OS/c1-2-10-16-13(8-9-15-16)14(17)7-3-5-12-6-4-11-18-12/h4,6,8-9,11H,2-3,5,7,10H2,1H3. The van der Waals surface area contributed by atoms with E-state index in [9.17, 15) is 4.79 Å². The van der Waals surface area contributed by atoms with Crippen LogP contribution in [-0.2, 0) is 13.0 Å². The molecule has 2 aromatic rings. The Hall–Kier alpha value is -1.42. The molecule has 2 aromatic heterocycles. The van der Waals surface area contributed by atoms with Gasteiger partial charge >= 0.3 is 0 Å². The fourth-order valence-corrected chi connectivity index (χ4v) is 2.72. The summed E-state index contributed by atoms with van der Waals surface area (Å²) in [6.45, 7) is 2.91. The lowest BCUT2D eigenvalue weighted by molar-refractivity contribution is 0.0969. The molecule has 0 spiro atoms. The lowest BCUT2D eigenvalue weighted by Crippen LogP contribution is -2.10. The van der Waals surface area contributed by atoms with Crippen molar-refractivity contribution in [3.63, 3.8) is 0 Å². The Labute approximate surface area is 111 Å². The first-order valence-corrected chi connectivity index (χ1v) is 7.26. The van der Waals surface area contributed by atoms with Gasteiger partial charge in [0.1, 0.15) is 5.69 Å². The smallest absolute Gasteiger partial charge is 0.180 e. The number of carbonyl (C=O) groups is 1. The van der Waals surface area contributed by atoms with Gasteiger partial charge in [-0.1, -0.05) is 13.0 Å². The topological polar surface area (TPSA) is 34.9 Å². The van der Waals surface area contributed by atoms with E-state index in [0.29, 0.717) is 6.42 Å². The van der Waals surface area contributed by atoms with Gasteiger partial charge in [0.15, 0.2) is 5.78 Å². The van der Waals surface area contributed by atoms with Crippen LogP contribution in [-0.4, -0.2) is 15.6 Å². The van der Waals surface area contributed by atoms with Crippen LogP contribution < -0.4 is 0 Å². The number of Topliss-reactive ketones (excluding diaryl/α,β-unsaturated/α-hetero) is 1. The molecule has 0 unspecified atom stereocenters. The molecule has 3 nitrogen and oxygen atoms in total. The van der Waals surface area contributed by atoms with E-state index in [2.05, 4.69) is 29.5 Å². The van der Waals surface area contributed by atoms with E-state index in [1.165, 1.54) is 4.88 Å². The molecule has 0 bridgehead atoms. The fourth-order valence-electron chi connectivity index (χ4n) is 1.97. The molecule has 4 heteroatoms. The van der Waals surface area contributed by atoms with E-state index in [-0.39, 0.29) is 5.78 Å². The summed E-state index contributed by atoms with van der Waals surface area (Å²) >= 11 is 1.75. The quantitative estimate of drug-likeness (QED) is 0.715. The number of hydrogen-bond donors (Lipinski definition) is 0. The van der Waals surface area contributed by atoms with Gasteiger partial charge in [0, 0.05) is 24.0 Å². The highest BCUT2D eigenvalue weighted by Crippen LogP contribution is 2.13. The Morgan fingerprint density at radius 2 is 2.33 bits per heavy atom. The zero-order chi connectivity index (χ0) is 12.8. The summed E-state index contributed by atoms with van der Waals surface area (Å²) in [5.41, 5.74) is 0.753. The number of thiophene rings is 1. The van der Waals surface area contributed by atoms with Gasteiger partial charge in [-0.25, -0.2) is 0 Å². The van der Waals surface area contributed by atoms with Crippen molar-refractivity contribution in [3.05, 3.63) is 40.3 Å². The minimum absolute atomic E-state index is 0.206. The second kappa shape index (κ2) is 6.50. The van der Waals surface area contributed by atoms with Crippen molar-refractivity contribution in [2.45, 2.75) is 39.2 Å². The van der Waals surface area contributed by atoms with E-state index in [1.54, 1.807) is 17.5 Å². The summed E-state index contributed by atoms with van der Waals surface area (Å²) in [5.74, 6) is 0.206. The normalized spacial score (nSPS) is 10.7. The third kappa shape index (κ3) is 3.29. The van der Waals surface area contributed by atoms with Gasteiger partial charge in [0.05, 0.1) is 0 Å². The number of aromatic nitrogens is 2. The van der Waals surface area contributed by atoms with Crippen molar-refractivity contribution in [1.29, 1.82) is 0 Å². The summed E-state index contributed by atoms with van der Waals surface area (Å²) in [6.07, 6.45) is 5.22. The molecule has 0 aliphatic rings. The highest BCUT2D eigenvalue weighted by Gasteiger charge is 2.11. The van der Waals surface area contributed by atoms with Crippen LogP contribution in [0.2, 0.25) is 0 Å². The van der Waals surface area contributed by atoms with Crippen LogP contribution >= 0.6 is 11.3 Å². The molecule has 0 radical (unpaired) electrons. The summed E-state index contributed by atoms with van der Waals surface area (Å²) in [5, 5.41) is 6.26. The molecule has 0 saturated heterocycles. The Balaban J connectivity index is 1.85. The second-order valence-corrected chi connectivity index (χ2v) is 5.33. The van der Waals surface area contributed by atoms with Gasteiger partial charge in [-0.2, -0.15) is 5.10 Å². The van der Waals surface area contributed by atoms with Crippen LogP contribution in [0.25, 0.3) is 0 Å². The fraction of sp³-hybridized carbons (Fsp3) is 0.429. The molecule has 0 atom stereocenters. The molecule has 2 heterocycles. The maximum atomic E-state index is 12.1. The van der Waals surface area contributed by atoms with E-state index in [4.69, 9.17) is 0 Å². The Morgan fingerprint density at radius 3 is 3.06 bits per heavy atom. The monoisotopic (exact) mass is 262 g/mol. The number of hydrogen-bond acceptors (Lipinski definition) is 3. The summed E-state index contributed by atoms with van der Waals surface area (Å²) in [4.78, 5) is 13.4. The molecule has 0 aromatic carbocycles. The second-order valence-electron chi connectivity index (χ2n) is 4.30. The number of nitrogens with zero attached hydrogens (tertiary/aromatic N) is 2. The number of aryl methyl sites for hydroxylation is 2. The SMILES string of the molecule is CCCn1nccc1C(=O)CCCc1cccs1. The minimum Gasteiger partial charge on any atom is -0.292 e. The van der Waals surface area contributed by atoms with Crippen LogP contribution in [0.5, 0.6) is 0 Å². The van der Waals surface area contributed by atoms with Gasteiger partial charge in [0.25, 0.3) is 0 Å². The molecule has 2 rings (SSSR count). The van der Waals surface area contributed by atoms with Crippen molar-refractivity contribution < 1.29 is 4.79 Å². The average Bonchev–Trinajstić information content (AvgIpc) is 3.00. The first-order chi connectivity index (χ1) is 8.81. The van der Waals surface area contributed by atoms with Crippen molar-refractivity contribution in [1.82, 2.24) is 9.78 Å². The van der Waals surface area contributed by atoms with Gasteiger partial charge in [-0.05, 0) is 36.8 Å². The van der Waals surface area contributed by atoms with Crippen molar-refractivity contribution in [2.75, 3.05) is 0 Å². The summed E-state index contributed by atoms with van der Waals surface area (Å²) < 4.78 is 1.81. The van der Waals surface area contributed by atoms with Gasteiger partial charge < -0.3 is 0 Å². The highest BCUT2D eigenvalue weighted by molar-refractivity contribution is 7.09. The molecule has 0 amide bonds.